The van der Waals surface area contributed by atoms with Gasteiger partial charge in [0.05, 0.1) is 11.1 Å². The molecule has 0 radical (unpaired) electrons. The first-order valence-electron chi connectivity index (χ1n) is 17.0. The molecule has 1 N–H and O–H groups in total. The van der Waals surface area contributed by atoms with Gasteiger partial charge in [-0.1, -0.05) is 151 Å². The molecular formula is C40H54O3PS+. The molecule has 0 atom stereocenters. The van der Waals surface area contributed by atoms with E-state index in [1.54, 1.807) is 12.1 Å². The average molecular weight is 646 g/mol. The molecule has 45 heavy (non-hydrogen) atoms. The third-order valence-corrected chi connectivity index (χ3v) is 14.0. The van der Waals surface area contributed by atoms with Gasteiger partial charge in [-0.25, -0.2) is 0 Å². The van der Waals surface area contributed by atoms with Crippen LogP contribution in [0.25, 0.3) is 0 Å². The van der Waals surface area contributed by atoms with Crippen molar-refractivity contribution < 1.29 is 13.0 Å². The highest BCUT2D eigenvalue weighted by Gasteiger charge is 2.44. The van der Waals surface area contributed by atoms with E-state index in [0.29, 0.717) is 6.42 Å². The Labute approximate surface area is 274 Å². The summed E-state index contributed by atoms with van der Waals surface area (Å²) in [4.78, 5) is 0.0610. The van der Waals surface area contributed by atoms with Crippen LogP contribution >= 0.6 is 7.26 Å². The van der Waals surface area contributed by atoms with Gasteiger partial charge in [0.25, 0.3) is 10.1 Å². The average Bonchev–Trinajstić information content (AvgIpc) is 3.07. The van der Waals surface area contributed by atoms with Gasteiger partial charge in [0.15, 0.2) is 0 Å². The zero-order chi connectivity index (χ0) is 32.2. The van der Waals surface area contributed by atoms with Crippen molar-refractivity contribution in [1.29, 1.82) is 0 Å². The molecule has 0 amide bonds. The van der Waals surface area contributed by atoms with Crippen LogP contribution in [0.4, 0.5) is 0 Å². The molecule has 242 valence electrons. The molecule has 5 heteroatoms. The maximum atomic E-state index is 11.3. The van der Waals surface area contributed by atoms with Crippen molar-refractivity contribution in [2.45, 2.75) is 102 Å². The molecule has 0 spiro atoms. The minimum atomic E-state index is -4.10. The van der Waals surface area contributed by atoms with Gasteiger partial charge in [0.1, 0.15) is 23.2 Å². The number of aryl methyl sites for hydroxylation is 1. The van der Waals surface area contributed by atoms with Crippen molar-refractivity contribution in [3.8, 4) is 0 Å². The molecular weight excluding hydrogens is 591 g/mol. The Morgan fingerprint density at radius 1 is 0.489 bits per heavy atom. The highest BCUT2D eigenvalue weighted by Crippen LogP contribution is 2.55. The first-order valence-corrected chi connectivity index (χ1v) is 20.4. The minimum Gasteiger partial charge on any atom is -0.282 e. The normalized spacial score (nSPS) is 11.5. The Balaban J connectivity index is 0.000000246. The fourth-order valence-electron chi connectivity index (χ4n) is 6.04. The van der Waals surface area contributed by atoms with Crippen molar-refractivity contribution in [3.63, 3.8) is 0 Å². The predicted molar refractivity (Wildman–Crippen MR) is 197 cm³/mol. The van der Waals surface area contributed by atoms with Crippen molar-refractivity contribution in [3.05, 3.63) is 121 Å². The molecule has 4 rings (SSSR count). The van der Waals surface area contributed by atoms with Gasteiger partial charge in [0, 0.05) is 0 Å². The van der Waals surface area contributed by atoms with Crippen LogP contribution in [0.15, 0.2) is 120 Å². The van der Waals surface area contributed by atoms with Crippen molar-refractivity contribution in [1.82, 2.24) is 0 Å². The van der Waals surface area contributed by atoms with Crippen LogP contribution < -0.4 is 15.9 Å². The molecule has 0 aliphatic heterocycles. The lowest BCUT2D eigenvalue weighted by Gasteiger charge is -2.27. The van der Waals surface area contributed by atoms with Crippen molar-refractivity contribution in [2.24, 2.45) is 0 Å². The van der Waals surface area contributed by atoms with Crippen molar-refractivity contribution in [2.75, 3.05) is 6.16 Å². The van der Waals surface area contributed by atoms with Crippen LogP contribution in [0, 0.1) is 0 Å². The second-order valence-electron chi connectivity index (χ2n) is 11.9. The van der Waals surface area contributed by atoms with E-state index in [1.807, 2.05) is 6.07 Å². The maximum absolute atomic E-state index is 11.3. The Bertz CT molecular complexity index is 1340. The molecule has 0 bridgehead atoms. The molecule has 4 aromatic rings. The summed E-state index contributed by atoms with van der Waals surface area (Å²) in [6.07, 6.45) is 17.0. The standard InChI is InChI=1S/C22H24P.C18H30O3S/c1-2-3-19-23(20-13-7-4-8-14-20,21-15-9-5-10-16-21)22-17-11-6-12-18-22;1-2-3-4-5-6-7-8-9-10-11-14-17-15-12-13-16-18(17)22(19,20)21/h4-18H,2-3,19H2,1H3;12-13,15-16H,2-11,14H2,1H3,(H,19,20,21)/q+1;. The summed E-state index contributed by atoms with van der Waals surface area (Å²) < 4.78 is 31.8. The third-order valence-electron chi connectivity index (χ3n) is 8.49. The SMILES string of the molecule is CCCCCCCCCCCCc1ccccc1S(=O)(=O)O.CCCC[P+](c1ccccc1)(c1ccccc1)c1ccccc1. The van der Waals surface area contributed by atoms with Crippen LogP contribution in [-0.4, -0.2) is 19.1 Å². The molecule has 3 nitrogen and oxygen atoms in total. The summed E-state index contributed by atoms with van der Waals surface area (Å²) in [5.74, 6) is 0. The van der Waals surface area contributed by atoms with Crippen LogP contribution in [0.2, 0.25) is 0 Å². The van der Waals surface area contributed by atoms with E-state index >= 15 is 0 Å². The number of unbranched alkanes of at least 4 members (excludes halogenated alkanes) is 10. The zero-order valence-electron chi connectivity index (χ0n) is 27.5. The van der Waals surface area contributed by atoms with Crippen LogP contribution in [0.5, 0.6) is 0 Å². The first kappa shape index (κ1) is 36.7. The molecule has 0 unspecified atom stereocenters. The van der Waals surface area contributed by atoms with Crippen molar-refractivity contribution >= 4 is 33.3 Å². The molecule has 0 fully saturated rings. The van der Waals surface area contributed by atoms with Crippen LogP contribution in [0.1, 0.15) is 96.5 Å². The highest BCUT2D eigenvalue weighted by molar-refractivity contribution is 7.95. The number of hydrogen-bond acceptors (Lipinski definition) is 2. The monoisotopic (exact) mass is 645 g/mol. The third kappa shape index (κ3) is 11.8. The molecule has 4 aromatic carbocycles. The fraction of sp³-hybridized carbons (Fsp3) is 0.400. The van der Waals surface area contributed by atoms with Crippen LogP contribution in [0.3, 0.4) is 0 Å². The van der Waals surface area contributed by atoms with Gasteiger partial charge in [0.2, 0.25) is 0 Å². The predicted octanol–water partition coefficient (Wildman–Crippen LogP) is 10.2. The summed E-state index contributed by atoms with van der Waals surface area (Å²) >= 11 is 0. The minimum absolute atomic E-state index is 0.0610. The van der Waals surface area contributed by atoms with E-state index in [1.165, 1.54) is 92.4 Å². The number of hydrogen-bond donors (Lipinski definition) is 1. The lowest BCUT2D eigenvalue weighted by Crippen LogP contribution is -2.33. The van der Waals surface area contributed by atoms with Gasteiger partial charge < -0.3 is 0 Å². The quantitative estimate of drug-likeness (QED) is 0.0666. The molecule has 0 heterocycles. The Hall–Kier alpha value is -2.78. The van der Waals surface area contributed by atoms with E-state index in [9.17, 15) is 13.0 Å². The van der Waals surface area contributed by atoms with E-state index in [4.69, 9.17) is 0 Å². The molecule has 0 saturated carbocycles. The topological polar surface area (TPSA) is 54.4 Å². The van der Waals surface area contributed by atoms with Crippen LogP contribution in [-0.2, 0) is 16.5 Å². The Morgan fingerprint density at radius 3 is 1.29 bits per heavy atom. The zero-order valence-corrected chi connectivity index (χ0v) is 29.2. The first-order chi connectivity index (χ1) is 21.9. The van der Waals surface area contributed by atoms with Gasteiger partial charge in [-0.2, -0.15) is 8.42 Å². The lowest BCUT2D eigenvalue weighted by atomic mass is 10.0. The van der Waals surface area contributed by atoms with E-state index in [0.717, 1.165) is 18.4 Å². The Morgan fingerprint density at radius 2 is 0.867 bits per heavy atom. The fourth-order valence-corrected chi connectivity index (χ4v) is 11.3. The second kappa shape index (κ2) is 20.4. The lowest BCUT2D eigenvalue weighted by molar-refractivity contribution is 0.481. The highest BCUT2D eigenvalue weighted by atomic mass is 32.2. The smallest absolute Gasteiger partial charge is 0.282 e. The second-order valence-corrected chi connectivity index (χ2v) is 16.9. The van der Waals surface area contributed by atoms with Gasteiger partial charge >= 0.3 is 0 Å². The van der Waals surface area contributed by atoms with Gasteiger partial charge in [-0.15, -0.1) is 0 Å². The number of benzene rings is 4. The largest absolute Gasteiger partial charge is 0.294 e. The van der Waals surface area contributed by atoms with E-state index in [2.05, 4.69) is 105 Å². The summed E-state index contributed by atoms with van der Waals surface area (Å²) in [7, 11) is -5.67. The molecule has 0 saturated heterocycles. The number of rotatable bonds is 18. The summed E-state index contributed by atoms with van der Waals surface area (Å²) in [5, 5.41) is 4.47. The molecule has 0 aromatic heterocycles. The summed E-state index contributed by atoms with van der Waals surface area (Å²) in [6.45, 7) is 4.52. The Kier molecular flexibility index (Phi) is 16.6. The van der Waals surface area contributed by atoms with Gasteiger partial charge in [-0.3, -0.25) is 4.55 Å². The maximum Gasteiger partial charge on any atom is 0.294 e. The van der Waals surface area contributed by atoms with E-state index in [-0.39, 0.29) is 4.90 Å². The summed E-state index contributed by atoms with van der Waals surface area (Å²) in [5.41, 5.74) is 0.726. The summed E-state index contributed by atoms with van der Waals surface area (Å²) in [6, 6.07) is 40.1. The van der Waals surface area contributed by atoms with E-state index < -0.39 is 17.4 Å². The van der Waals surface area contributed by atoms with Gasteiger partial charge in [-0.05, 0) is 67.3 Å². The molecule has 0 aliphatic carbocycles. The molecule has 0 aliphatic rings.